The molecule has 0 radical (unpaired) electrons. The Labute approximate surface area is 289 Å². The van der Waals surface area contributed by atoms with Crippen molar-refractivity contribution in [2.75, 3.05) is 33.0 Å². The lowest BCUT2D eigenvalue weighted by Crippen LogP contribution is -2.61. The van der Waals surface area contributed by atoms with Crippen LogP contribution >= 0.6 is 0 Å². The SMILES string of the molecule is CC/C=C\C/C=C\C/C=C\CCCCCCCCOCC(COC1OC(COC2OC(CO)C(O)C(O)C2O)C(O)C(O)C1O)OC(C)=O. The van der Waals surface area contributed by atoms with Gasteiger partial charge in [0.1, 0.15) is 54.9 Å². The van der Waals surface area contributed by atoms with Gasteiger partial charge in [0.25, 0.3) is 0 Å². The Balaban J connectivity index is 1.66. The normalized spacial score (nSPS) is 31.6. The minimum absolute atomic E-state index is 0.0359. The summed E-state index contributed by atoms with van der Waals surface area (Å²) in [6.45, 7) is 2.48. The summed E-state index contributed by atoms with van der Waals surface area (Å²) in [5.41, 5.74) is 0. The molecular formula is C35H60O14. The second kappa shape index (κ2) is 25.2. The molecule has 2 rings (SSSR count). The Kier molecular flexibility index (Phi) is 22.3. The molecule has 0 amide bonds. The first kappa shape index (κ1) is 43.4. The summed E-state index contributed by atoms with van der Waals surface area (Å²) in [5, 5.41) is 70.7. The van der Waals surface area contributed by atoms with Gasteiger partial charge in [0.2, 0.25) is 0 Å². The highest BCUT2D eigenvalue weighted by Gasteiger charge is 2.47. The van der Waals surface area contributed by atoms with Crippen molar-refractivity contribution in [3.05, 3.63) is 36.5 Å². The third-order valence-corrected chi connectivity index (χ3v) is 8.21. The zero-order valence-corrected chi connectivity index (χ0v) is 28.9. The van der Waals surface area contributed by atoms with Gasteiger partial charge in [0.05, 0.1) is 26.4 Å². The highest BCUT2D eigenvalue weighted by Crippen LogP contribution is 2.26. The summed E-state index contributed by atoms with van der Waals surface area (Å²) in [6.07, 6.45) is 7.61. The van der Waals surface area contributed by atoms with Crippen LogP contribution in [0, 0.1) is 0 Å². The molecule has 2 aliphatic rings. The number of esters is 1. The lowest BCUT2D eigenvalue weighted by atomic mass is 9.98. The van der Waals surface area contributed by atoms with Crippen LogP contribution in [-0.4, -0.2) is 142 Å². The van der Waals surface area contributed by atoms with Crippen LogP contribution in [0.15, 0.2) is 36.5 Å². The fourth-order valence-electron chi connectivity index (χ4n) is 5.35. The summed E-state index contributed by atoms with van der Waals surface area (Å²) in [7, 11) is 0. The van der Waals surface area contributed by atoms with Crippen molar-refractivity contribution in [3.8, 4) is 0 Å². The molecule has 14 heteroatoms. The molecule has 7 N–H and O–H groups in total. The first-order chi connectivity index (χ1) is 23.6. The van der Waals surface area contributed by atoms with Crippen LogP contribution in [0.25, 0.3) is 0 Å². The van der Waals surface area contributed by atoms with Crippen molar-refractivity contribution < 1.29 is 69.0 Å². The van der Waals surface area contributed by atoms with Crippen LogP contribution in [0.4, 0.5) is 0 Å². The molecule has 49 heavy (non-hydrogen) atoms. The van der Waals surface area contributed by atoms with Crippen LogP contribution in [0.2, 0.25) is 0 Å². The number of unbranched alkanes of at least 4 members (excludes halogenated alkanes) is 6. The smallest absolute Gasteiger partial charge is 0.303 e. The summed E-state index contributed by atoms with van der Waals surface area (Å²) in [5.74, 6) is -0.560. The predicted octanol–water partition coefficient (Wildman–Crippen LogP) is 1.16. The number of allylic oxidation sites excluding steroid dienone is 6. The summed E-state index contributed by atoms with van der Waals surface area (Å²) in [4.78, 5) is 11.7. The van der Waals surface area contributed by atoms with E-state index in [9.17, 15) is 40.5 Å². The van der Waals surface area contributed by atoms with Crippen LogP contribution in [0.3, 0.4) is 0 Å². The highest BCUT2D eigenvalue weighted by molar-refractivity contribution is 5.66. The lowest BCUT2D eigenvalue weighted by molar-refractivity contribution is -0.332. The first-order valence-electron chi connectivity index (χ1n) is 17.5. The van der Waals surface area contributed by atoms with Gasteiger partial charge in [0, 0.05) is 13.5 Å². The topological polar surface area (TPSA) is 214 Å². The van der Waals surface area contributed by atoms with E-state index in [2.05, 4.69) is 43.4 Å². The molecule has 2 heterocycles. The maximum absolute atomic E-state index is 11.7. The summed E-state index contributed by atoms with van der Waals surface area (Å²) in [6, 6.07) is 0. The number of hydrogen-bond acceptors (Lipinski definition) is 14. The number of aliphatic hydroxyl groups is 7. The van der Waals surface area contributed by atoms with Gasteiger partial charge in [-0.25, -0.2) is 0 Å². The fourth-order valence-corrected chi connectivity index (χ4v) is 5.35. The van der Waals surface area contributed by atoms with Crippen molar-refractivity contribution >= 4 is 5.97 Å². The van der Waals surface area contributed by atoms with Crippen LogP contribution < -0.4 is 0 Å². The van der Waals surface area contributed by atoms with E-state index < -0.39 is 86.7 Å². The number of aliphatic hydroxyl groups excluding tert-OH is 7. The lowest BCUT2D eigenvalue weighted by Gasteiger charge is -2.42. The maximum Gasteiger partial charge on any atom is 0.303 e. The van der Waals surface area contributed by atoms with Crippen LogP contribution in [0.5, 0.6) is 0 Å². The Bertz CT molecular complexity index is 959. The molecule has 0 aromatic heterocycles. The molecule has 284 valence electrons. The van der Waals surface area contributed by atoms with Crippen LogP contribution in [-0.2, 0) is 33.2 Å². The van der Waals surface area contributed by atoms with Gasteiger partial charge in [-0.15, -0.1) is 0 Å². The maximum atomic E-state index is 11.7. The van der Waals surface area contributed by atoms with Gasteiger partial charge < -0.3 is 64.2 Å². The van der Waals surface area contributed by atoms with Gasteiger partial charge in [0.15, 0.2) is 12.6 Å². The van der Waals surface area contributed by atoms with E-state index in [-0.39, 0.29) is 13.2 Å². The minimum atomic E-state index is -1.70. The van der Waals surface area contributed by atoms with Gasteiger partial charge in [-0.05, 0) is 38.5 Å². The van der Waals surface area contributed by atoms with Gasteiger partial charge in [-0.3, -0.25) is 4.79 Å². The van der Waals surface area contributed by atoms with Gasteiger partial charge in [-0.2, -0.15) is 0 Å². The average Bonchev–Trinajstić information content (AvgIpc) is 3.08. The molecular weight excluding hydrogens is 644 g/mol. The minimum Gasteiger partial charge on any atom is -0.458 e. The second-order valence-electron chi connectivity index (χ2n) is 12.4. The Morgan fingerprint density at radius 2 is 1.22 bits per heavy atom. The number of ether oxygens (including phenoxy) is 6. The molecule has 2 fully saturated rings. The van der Waals surface area contributed by atoms with E-state index in [1.165, 1.54) is 19.8 Å². The molecule has 0 aromatic carbocycles. The van der Waals surface area contributed by atoms with Gasteiger partial charge >= 0.3 is 5.97 Å². The Morgan fingerprint density at radius 1 is 0.673 bits per heavy atom. The molecule has 0 aromatic rings. The molecule has 2 saturated heterocycles. The Morgan fingerprint density at radius 3 is 1.86 bits per heavy atom. The van der Waals surface area contributed by atoms with Gasteiger partial charge in [-0.1, -0.05) is 69.1 Å². The van der Waals surface area contributed by atoms with E-state index >= 15 is 0 Å². The quantitative estimate of drug-likeness (QED) is 0.0427. The number of hydrogen-bond donors (Lipinski definition) is 7. The molecule has 11 atom stereocenters. The molecule has 14 nitrogen and oxygen atoms in total. The average molecular weight is 705 g/mol. The largest absolute Gasteiger partial charge is 0.458 e. The monoisotopic (exact) mass is 704 g/mol. The molecule has 11 unspecified atom stereocenters. The standard InChI is InChI=1S/C35H60O14/c1-3-4-5-6-7-8-9-10-11-12-13-14-15-16-17-18-19-44-21-25(47-24(2)37)22-45-34-33(43)31(41)29(39)27(49-34)23-46-35-32(42)30(40)28(38)26(20-36)48-35/h4-5,7-8,10-11,25-36,38-43H,3,6,9,12-23H2,1-2H3/b5-4-,8-7-,11-10-. The van der Waals surface area contributed by atoms with Crippen molar-refractivity contribution in [1.29, 1.82) is 0 Å². The molecule has 0 saturated carbocycles. The molecule has 0 aliphatic carbocycles. The third-order valence-electron chi connectivity index (χ3n) is 8.21. The van der Waals surface area contributed by atoms with E-state index in [0.29, 0.717) is 6.61 Å². The number of carbonyl (C=O) groups excluding carboxylic acids is 1. The molecule has 0 spiro atoms. The van der Waals surface area contributed by atoms with Crippen molar-refractivity contribution in [2.24, 2.45) is 0 Å². The fraction of sp³-hybridized carbons (Fsp3) is 0.800. The van der Waals surface area contributed by atoms with E-state index in [1.54, 1.807) is 0 Å². The summed E-state index contributed by atoms with van der Waals surface area (Å²) < 4.78 is 32.9. The summed E-state index contributed by atoms with van der Waals surface area (Å²) >= 11 is 0. The number of carbonyl (C=O) groups is 1. The van der Waals surface area contributed by atoms with E-state index in [4.69, 9.17) is 28.4 Å². The van der Waals surface area contributed by atoms with E-state index in [0.717, 1.165) is 51.4 Å². The number of rotatable bonds is 24. The van der Waals surface area contributed by atoms with Crippen molar-refractivity contribution in [1.82, 2.24) is 0 Å². The van der Waals surface area contributed by atoms with Crippen molar-refractivity contribution in [2.45, 2.75) is 146 Å². The predicted molar refractivity (Wildman–Crippen MR) is 178 cm³/mol. The molecule has 0 bridgehead atoms. The zero-order valence-electron chi connectivity index (χ0n) is 28.9. The Hall–Kier alpha value is -1.79. The zero-order chi connectivity index (χ0) is 36.0. The second-order valence-corrected chi connectivity index (χ2v) is 12.4. The first-order valence-corrected chi connectivity index (χ1v) is 17.5. The van der Waals surface area contributed by atoms with Crippen LogP contribution in [0.1, 0.15) is 78.1 Å². The van der Waals surface area contributed by atoms with Crippen molar-refractivity contribution in [3.63, 3.8) is 0 Å². The van der Waals surface area contributed by atoms with E-state index in [1.807, 2.05) is 0 Å². The highest BCUT2D eigenvalue weighted by atomic mass is 16.7. The molecule has 2 aliphatic heterocycles. The third kappa shape index (κ3) is 16.4.